The molecule has 41 heavy (non-hydrogen) atoms. The largest absolute Gasteiger partial charge is 0.464 e. The summed E-state index contributed by atoms with van der Waals surface area (Å²) >= 11 is 12.4. The highest BCUT2D eigenvalue weighted by molar-refractivity contribution is 6.30. The topological polar surface area (TPSA) is 95.0 Å². The molecule has 2 aromatic carbocycles. The van der Waals surface area contributed by atoms with Crippen molar-refractivity contribution in [2.24, 2.45) is 0 Å². The minimum Gasteiger partial charge on any atom is -0.464 e. The van der Waals surface area contributed by atoms with Crippen molar-refractivity contribution in [3.05, 3.63) is 99.8 Å². The van der Waals surface area contributed by atoms with Gasteiger partial charge in [0, 0.05) is 29.4 Å². The predicted octanol–water partition coefficient (Wildman–Crippen LogP) is 6.43. The monoisotopic (exact) mass is 598 g/mol. The Kier molecular flexibility index (Phi) is 10.4. The zero-order valence-corrected chi connectivity index (χ0v) is 24.5. The maximum Gasteiger partial charge on any atom is 0.328 e. The van der Waals surface area contributed by atoms with Crippen molar-refractivity contribution in [2.75, 3.05) is 6.61 Å². The third-order valence-electron chi connectivity index (χ3n) is 6.85. The number of aromatic nitrogens is 1. The molecule has 1 amide bonds. The molecule has 216 valence electrons. The zero-order valence-electron chi connectivity index (χ0n) is 23.0. The number of pyridine rings is 1. The lowest BCUT2D eigenvalue weighted by molar-refractivity contribution is -0.203. The molecule has 2 heterocycles. The molecule has 5 unspecified atom stereocenters. The number of morpholine rings is 1. The fraction of sp³-hybridized carbons (Fsp3) is 0.355. The highest BCUT2D eigenvalue weighted by Crippen LogP contribution is 2.46. The first-order valence-corrected chi connectivity index (χ1v) is 14.2. The Labute approximate surface area is 249 Å². The SMILES string of the molecule is CCCC(C(=O)OCC)N1C(=O)C(C(OC(C)=O)c2ccncc2)OC(c2ccc(Cl)cc2)C1c1ccc(Cl)cc1. The molecule has 10 heteroatoms. The predicted molar refractivity (Wildman–Crippen MR) is 154 cm³/mol. The average molecular weight is 600 g/mol. The van der Waals surface area contributed by atoms with Gasteiger partial charge in [0.1, 0.15) is 12.1 Å². The molecule has 0 radical (unpaired) electrons. The molecule has 4 rings (SSSR count). The zero-order chi connectivity index (χ0) is 29.5. The second-order valence-corrected chi connectivity index (χ2v) is 10.5. The Morgan fingerprint density at radius 3 is 2.07 bits per heavy atom. The number of hydrogen-bond donors (Lipinski definition) is 0. The first-order valence-electron chi connectivity index (χ1n) is 13.5. The number of esters is 2. The molecular weight excluding hydrogens is 567 g/mol. The van der Waals surface area contributed by atoms with Gasteiger partial charge in [0.15, 0.2) is 12.2 Å². The van der Waals surface area contributed by atoms with E-state index in [0.29, 0.717) is 39.6 Å². The molecule has 1 aliphatic rings. The summed E-state index contributed by atoms with van der Waals surface area (Å²) < 4.78 is 17.8. The Morgan fingerprint density at radius 2 is 1.54 bits per heavy atom. The molecule has 0 bridgehead atoms. The molecule has 1 aromatic heterocycles. The van der Waals surface area contributed by atoms with Gasteiger partial charge in [-0.2, -0.15) is 0 Å². The molecule has 5 atom stereocenters. The summed E-state index contributed by atoms with van der Waals surface area (Å²) in [6, 6.07) is 15.8. The average Bonchev–Trinajstić information content (AvgIpc) is 2.96. The maximum absolute atomic E-state index is 14.6. The van der Waals surface area contributed by atoms with Crippen LogP contribution in [0.4, 0.5) is 0 Å². The van der Waals surface area contributed by atoms with Crippen LogP contribution in [0.2, 0.25) is 10.0 Å². The second kappa shape index (κ2) is 13.9. The van der Waals surface area contributed by atoms with Gasteiger partial charge in [0.05, 0.1) is 12.6 Å². The third-order valence-corrected chi connectivity index (χ3v) is 7.35. The number of ether oxygens (including phenoxy) is 3. The van der Waals surface area contributed by atoms with Gasteiger partial charge in [-0.1, -0.05) is 60.8 Å². The molecule has 3 aromatic rings. The summed E-state index contributed by atoms with van der Waals surface area (Å²) in [5.74, 6) is -1.62. The summed E-state index contributed by atoms with van der Waals surface area (Å²) in [7, 11) is 0. The lowest BCUT2D eigenvalue weighted by Crippen LogP contribution is -2.58. The quantitative estimate of drug-likeness (QED) is 0.248. The number of nitrogens with zero attached hydrogens (tertiary/aromatic N) is 2. The number of rotatable bonds is 10. The smallest absolute Gasteiger partial charge is 0.328 e. The van der Waals surface area contributed by atoms with E-state index in [1.165, 1.54) is 11.8 Å². The minimum absolute atomic E-state index is 0.153. The van der Waals surface area contributed by atoms with Crippen LogP contribution in [-0.4, -0.2) is 46.5 Å². The number of amides is 1. The van der Waals surface area contributed by atoms with Crippen LogP contribution in [0.3, 0.4) is 0 Å². The molecule has 0 N–H and O–H groups in total. The van der Waals surface area contributed by atoms with Crippen molar-refractivity contribution < 1.29 is 28.6 Å². The van der Waals surface area contributed by atoms with Gasteiger partial charge in [-0.3, -0.25) is 14.6 Å². The number of carbonyl (C=O) groups is 3. The second-order valence-electron chi connectivity index (χ2n) is 9.64. The summed E-state index contributed by atoms with van der Waals surface area (Å²) in [5, 5.41) is 1.05. The minimum atomic E-state index is -1.28. The van der Waals surface area contributed by atoms with Crippen LogP contribution in [0.15, 0.2) is 73.1 Å². The highest BCUT2D eigenvalue weighted by atomic mass is 35.5. The normalized spacial score (nSPS) is 20.3. The lowest BCUT2D eigenvalue weighted by Gasteiger charge is -2.48. The maximum atomic E-state index is 14.6. The molecule has 1 saturated heterocycles. The molecule has 8 nitrogen and oxygen atoms in total. The van der Waals surface area contributed by atoms with E-state index in [1.807, 2.05) is 19.1 Å². The molecular formula is C31H32Cl2N2O6. The van der Waals surface area contributed by atoms with Gasteiger partial charge in [0.2, 0.25) is 0 Å². The van der Waals surface area contributed by atoms with E-state index < -0.39 is 48.2 Å². The van der Waals surface area contributed by atoms with Crippen LogP contribution in [0, 0.1) is 0 Å². The number of hydrogen-bond acceptors (Lipinski definition) is 7. The van der Waals surface area contributed by atoms with Gasteiger partial charge >= 0.3 is 11.9 Å². The van der Waals surface area contributed by atoms with Crippen molar-refractivity contribution in [1.82, 2.24) is 9.88 Å². The van der Waals surface area contributed by atoms with Crippen molar-refractivity contribution in [3.8, 4) is 0 Å². The Bertz CT molecular complexity index is 1340. The van der Waals surface area contributed by atoms with Crippen molar-refractivity contribution >= 4 is 41.0 Å². The van der Waals surface area contributed by atoms with E-state index in [4.69, 9.17) is 37.4 Å². The Hall–Kier alpha value is -3.46. The molecule has 0 spiro atoms. The van der Waals surface area contributed by atoms with E-state index >= 15 is 0 Å². The fourth-order valence-corrected chi connectivity index (χ4v) is 5.35. The van der Waals surface area contributed by atoms with Crippen LogP contribution in [0.1, 0.15) is 68.6 Å². The van der Waals surface area contributed by atoms with Gasteiger partial charge in [0.25, 0.3) is 5.91 Å². The standard InChI is InChI=1S/C31H32Cl2N2O6/c1-4-6-25(31(38)39-5-2)35-26(20-7-11-23(32)12-8-20)27(21-9-13-24(33)14-10-21)41-29(30(35)37)28(40-19(3)36)22-15-17-34-18-16-22/h7-18,25-29H,4-6H2,1-3H3. The van der Waals surface area contributed by atoms with Crippen LogP contribution >= 0.6 is 23.2 Å². The van der Waals surface area contributed by atoms with Crippen LogP contribution in [0.25, 0.3) is 0 Å². The number of benzene rings is 2. The van der Waals surface area contributed by atoms with Crippen molar-refractivity contribution in [2.45, 2.75) is 64.0 Å². The third kappa shape index (κ3) is 7.07. The first-order chi connectivity index (χ1) is 19.7. The van der Waals surface area contributed by atoms with Crippen LogP contribution < -0.4 is 0 Å². The summed E-state index contributed by atoms with van der Waals surface area (Å²) in [6.07, 6.45) is 0.892. The Balaban J connectivity index is 1.94. The molecule has 0 aliphatic carbocycles. The summed E-state index contributed by atoms with van der Waals surface area (Å²) in [5.41, 5.74) is 1.95. The van der Waals surface area contributed by atoms with Gasteiger partial charge in [-0.25, -0.2) is 4.79 Å². The van der Waals surface area contributed by atoms with Crippen molar-refractivity contribution in [3.63, 3.8) is 0 Å². The van der Waals surface area contributed by atoms with Crippen LogP contribution in [-0.2, 0) is 28.6 Å². The molecule has 1 aliphatic heterocycles. The molecule has 1 fully saturated rings. The van der Waals surface area contributed by atoms with Gasteiger partial charge < -0.3 is 19.1 Å². The number of halogens is 2. The van der Waals surface area contributed by atoms with Crippen LogP contribution in [0.5, 0.6) is 0 Å². The fourth-order valence-electron chi connectivity index (χ4n) is 5.10. The summed E-state index contributed by atoms with van der Waals surface area (Å²) in [6.45, 7) is 5.07. The van der Waals surface area contributed by atoms with E-state index in [1.54, 1.807) is 67.8 Å². The molecule has 0 saturated carbocycles. The Morgan fingerprint density at radius 1 is 0.951 bits per heavy atom. The van der Waals surface area contributed by atoms with Crippen molar-refractivity contribution in [1.29, 1.82) is 0 Å². The van der Waals surface area contributed by atoms with Gasteiger partial charge in [-0.15, -0.1) is 0 Å². The van der Waals surface area contributed by atoms with E-state index in [9.17, 15) is 14.4 Å². The lowest BCUT2D eigenvalue weighted by atomic mass is 9.88. The van der Waals surface area contributed by atoms with E-state index in [2.05, 4.69) is 4.98 Å². The summed E-state index contributed by atoms with van der Waals surface area (Å²) in [4.78, 5) is 45.9. The first kappa shape index (κ1) is 30.5. The van der Waals surface area contributed by atoms with E-state index in [0.717, 1.165) is 0 Å². The highest BCUT2D eigenvalue weighted by Gasteiger charge is 2.52. The number of carbonyl (C=O) groups excluding carboxylic acids is 3. The van der Waals surface area contributed by atoms with Gasteiger partial charge in [-0.05, 0) is 66.4 Å². The van der Waals surface area contributed by atoms with E-state index in [-0.39, 0.29) is 6.61 Å².